The largest absolute Gasteiger partial charge is 0.309 e. The Morgan fingerprint density at radius 3 is 1.21 bits per heavy atom. The fourth-order valence-corrected chi connectivity index (χ4v) is 10.1. The number of rotatable bonds is 3. The third-order valence-corrected chi connectivity index (χ3v) is 12.4. The zero-order valence-electron chi connectivity index (χ0n) is 30.9. The van der Waals surface area contributed by atoms with Crippen LogP contribution in [0.2, 0.25) is 0 Å². The smallest absolute Gasteiger partial charge is 0.0788 e. The molecule has 3 heterocycles. The van der Waals surface area contributed by atoms with Gasteiger partial charge in [0.1, 0.15) is 0 Å². The average Bonchev–Trinajstić information content (AvgIpc) is 3.93. The van der Waals surface area contributed by atoms with Crippen molar-refractivity contribution in [1.29, 1.82) is 0 Å². The molecule has 0 aliphatic heterocycles. The van der Waals surface area contributed by atoms with E-state index in [1.165, 1.54) is 97.7 Å². The van der Waals surface area contributed by atoms with E-state index in [0.717, 1.165) is 17.1 Å². The van der Waals surface area contributed by atoms with E-state index in [9.17, 15) is 0 Å². The minimum atomic E-state index is 1.13. The van der Waals surface area contributed by atoms with Gasteiger partial charge in [0.2, 0.25) is 0 Å². The number of nitrogens with zero attached hydrogens (tertiary/aromatic N) is 3. The normalized spacial score (nSPS) is 12.2. The molecular formula is C54H33N3. The molecule has 3 aromatic heterocycles. The lowest BCUT2D eigenvalue weighted by molar-refractivity contribution is 1.14. The van der Waals surface area contributed by atoms with E-state index in [0.29, 0.717) is 0 Å². The zero-order chi connectivity index (χ0) is 37.2. The molecule has 0 saturated heterocycles. The second kappa shape index (κ2) is 11.5. The van der Waals surface area contributed by atoms with Gasteiger partial charge in [0.25, 0.3) is 0 Å². The Kier molecular flexibility index (Phi) is 6.16. The van der Waals surface area contributed by atoms with Crippen LogP contribution in [-0.2, 0) is 0 Å². The van der Waals surface area contributed by atoms with E-state index in [1.54, 1.807) is 0 Å². The summed E-state index contributed by atoms with van der Waals surface area (Å²) in [6, 6.07) is 73.6. The van der Waals surface area contributed by atoms with E-state index >= 15 is 0 Å². The molecule has 3 heteroatoms. The Morgan fingerprint density at radius 2 is 0.614 bits per heavy atom. The van der Waals surface area contributed by atoms with Gasteiger partial charge in [-0.15, -0.1) is 0 Å². The van der Waals surface area contributed by atoms with E-state index < -0.39 is 0 Å². The molecule has 0 radical (unpaired) electrons. The number of para-hydroxylation sites is 4. The summed E-state index contributed by atoms with van der Waals surface area (Å²) < 4.78 is 7.43. The summed E-state index contributed by atoms with van der Waals surface area (Å²) >= 11 is 0. The van der Waals surface area contributed by atoms with E-state index in [-0.39, 0.29) is 0 Å². The maximum absolute atomic E-state index is 2.50. The van der Waals surface area contributed by atoms with Crippen molar-refractivity contribution in [3.05, 3.63) is 200 Å². The van der Waals surface area contributed by atoms with Crippen LogP contribution < -0.4 is 0 Å². The third kappa shape index (κ3) is 4.10. The first-order chi connectivity index (χ1) is 28.3. The van der Waals surface area contributed by atoms with Crippen molar-refractivity contribution >= 4 is 97.7 Å². The number of benzene rings is 10. The third-order valence-electron chi connectivity index (χ3n) is 12.4. The molecule has 57 heavy (non-hydrogen) atoms. The Morgan fingerprint density at radius 1 is 0.211 bits per heavy atom. The van der Waals surface area contributed by atoms with Gasteiger partial charge in [-0.25, -0.2) is 0 Å². The summed E-state index contributed by atoms with van der Waals surface area (Å²) in [6.07, 6.45) is 0. The Labute approximate surface area is 327 Å². The summed E-state index contributed by atoms with van der Waals surface area (Å²) in [5.74, 6) is 0. The maximum Gasteiger partial charge on any atom is 0.0788 e. The molecule has 0 unspecified atom stereocenters. The predicted molar refractivity (Wildman–Crippen MR) is 242 cm³/mol. The number of hydrogen-bond acceptors (Lipinski definition) is 0. The molecular weight excluding hydrogens is 691 g/mol. The highest BCUT2D eigenvalue weighted by Gasteiger charge is 2.23. The van der Waals surface area contributed by atoms with Crippen LogP contribution in [0.1, 0.15) is 0 Å². The first-order valence-electron chi connectivity index (χ1n) is 19.7. The maximum atomic E-state index is 2.50. The summed E-state index contributed by atoms with van der Waals surface area (Å²) in [7, 11) is 0. The lowest BCUT2D eigenvalue weighted by Crippen LogP contribution is -2.00. The number of aromatic nitrogens is 3. The van der Waals surface area contributed by atoms with Crippen molar-refractivity contribution in [2.24, 2.45) is 0 Å². The molecule has 0 spiro atoms. The molecule has 0 aliphatic rings. The van der Waals surface area contributed by atoms with Crippen molar-refractivity contribution < 1.29 is 0 Å². The average molecular weight is 724 g/mol. The number of hydrogen-bond donors (Lipinski definition) is 0. The molecule has 0 N–H and O–H groups in total. The molecule has 3 nitrogen and oxygen atoms in total. The van der Waals surface area contributed by atoms with Gasteiger partial charge in [0.05, 0.1) is 33.1 Å². The van der Waals surface area contributed by atoms with Gasteiger partial charge in [-0.1, -0.05) is 146 Å². The van der Waals surface area contributed by atoms with Crippen molar-refractivity contribution in [3.8, 4) is 17.1 Å². The molecule has 0 aliphatic carbocycles. The molecule has 0 fully saturated rings. The van der Waals surface area contributed by atoms with Crippen LogP contribution in [0.3, 0.4) is 0 Å². The molecule has 0 bridgehead atoms. The first-order valence-corrected chi connectivity index (χ1v) is 19.7. The van der Waals surface area contributed by atoms with Crippen LogP contribution in [0.15, 0.2) is 200 Å². The van der Waals surface area contributed by atoms with Crippen LogP contribution in [-0.4, -0.2) is 13.7 Å². The highest BCUT2D eigenvalue weighted by Crippen LogP contribution is 2.45. The van der Waals surface area contributed by atoms with Crippen LogP contribution in [0, 0.1) is 0 Å². The van der Waals surface area contributed by atoms with Crippen molar-refractivity contribution in [2.75, 3.05) is 0 Å². The standard InChI is InChI=1S/C54H33N3/c1-2-15-35(16-3-1)56-47-23-11-8-18-39(47)43-32-33-44-40-19-9-12-24-48(40)57(54(44)53(43)56)37-29-27-36(28-30-37)55-49-25-13-10-22-45(49)51-42-21-7-6-20-41(42)50-38-17-5-4-14-34(38)26-31-46(50)52(51)55/h1-33H. The monoisotopic (exact) mass is 723 g/mol. The molecule has 0 atom stereocenters. The van der Waals surface area contributed by atoms with Crippen LogP contribution in [0.25, 0.3) is 115 Å². The van der Waals surface area contributed by atoms with Crippen molar-refractivity contribution in [3.63, 3.8) is 0 Å². The lowest BCUT2D eigenvalue weighted by atomic mass is 9.93. The highest BCUT2D eigenvalue weighted by atomic mass is 15.0. The van der Waals surface area contributed by atoms with Crippen molar-refractivity contribution in [1.82, 2.24) is 13.7 Å². The van der Waals surface area contributed by atoms with Gasteiger partial charge in [-0.3, -0.25) is 0 Å². The van der Waals surface area contributed by atoms with Crippen LogP contribution in [0.5, 0.6) is 0 Å². The van der Waals surface area contributed by atoms with Gasteiger partial charge in [0, 0.05) is 54.8 Å². The summed E-state index contributed by atoms with van der Waals surface area (Å²) in [5, 5.41) is 15.2. The molecule has 13 aromatic rings. The van der Waals surface area contributed by atoms with Gasteiger partial charge >= 0.3 is 0 Å². The quantitative estimate of drug-likeness (QED) is 0.161. The van der Waals surface area contributed by atoms with Crippen LogP contribution >= 0.6 is 0 Å². The van der Waals surface area contributed by atoms with Crippen LogP contribution in [0.4, 0.5) is 0 Å². The Balaban J connectivity index is 1.12. The Hall–Kier alpha value is -7.62. The summed E-state index contributed by atoms with van der Waals surface area (Å²) in [6.45, 7) is 0. The SMILES string of the molecule is c1ccc(-n2c3ccccc3c3ccc4c5ccccc5n(-c5ccc(-n6c7ccccc7c7c8ccccc8c8c9ccccc9ccc8c76)cc5)c4c32)cc1. The molecule has 0 amide bonds. The van der Waals surface area contributed by atoms with Gasteiger partial charge in [-0.05, 0) is 81.5 Å². The van der Waals surface area contributed by atoms with Gasteiger partial charge in [-0.2, -0.15) is 0 Å². The van der Waals surface area contributed by atoms with Gasteiger partial charge < -0.3 is 13.7 Å². The summed E-state index contributed by atoms with van der Waals surface area (Å²) in [4.78, 5) is 0. The zero-order valence-corrected chi connectivity index (χ0v) is 30.9. The van der Waals surface area contributed by atoms with Gasteiger partial charge in [0.15, 0.2) is 0 Å². The second-order valence-electron chi connectivity index (χ2n) is 15.2. The molecule has 264 valence electrons. The summed E-state index contributed by atoms with van der Waals surface area (Å²) in [5.41, 5.74) is 10.7. The fraction of sp³-hybridized carbons (Fsp3) is 0. The molecule has 10 aromatic carbocycles. The van der Waals surface area contributed by atoms with E-state index in [1.807, 2.05) is 0 Å². The minimum absolute atomic E-state index is 1.13. The molecule has 13 rings (SSSR count). The minimum Gasteiger partial charge on any atom is -0.309 e. The topological polar surface area (TPSA) is 14.8 Å². The highest BCUT2D eigenvalue weighted by molar-refractivity contribution is 6.36. The fourth-order valence-electron chi connectivity index (χ4n) is 10.1. The van der Waals surface area contributed by atoms with E-state index in [4.69, 9.17) is 0 Å². The first kappa shape index (κ1) is 30.7. The second-order valence-corrected chi connectivity index (χ2v) is 15.2. The predicted octanol–water partition coefficient (Wildman–Crippen LogP) is 14.4. The lowest BCUT2D eigenvalue weighted by Gasteiger charge is -2.15. The molecule has 0 saturated carbocycles. The van der Waals surface area contributed by atoms with Crippen molar-refractivity contribution in [2.45, 2.75) is 0 Å². The van der Waals surface area contributed by atoms with E-state index in [2.05, 4.69) is 214 Å². The number of fused-ring (bicyclic) bond motifs is 17. The Bertz CT molecular complexity index is 3790.